The summed E-state index contributed by atoms with van der Waals surface area (Å²) in [6, 6.07) is 15.0. The molecular weight excluding hydrogens is 280 g/mol. The Kier molecular flexibility index (Phi) is 4.50. The van der Waals surface area contributed by atoms with E-state index in [1.807, 2.05) is 6.07 Å². The van der Waals surface area contributed by atoms with Crippen molar-refractivity contribution >= 4 is 11.6 Å². The molecule has 0 fully saturated rings. The molecule has 110 valence electrons. The zero-order valence-electron chi connectivity index (χ0n) is 12.4. The molecule has 0 amide bonds. The van der Waals surface area contributed by atoms with Crippen LogP contribution in [-0.4, -0.2) is 6.61 Å². The van der Waals surface area contributed by atoms with E-state index in [0.717, 1.165) is 36.3 Å². The fourth-order valence-corrected chi connectivity index (χ4v) is 3.07. The molecule has 1 aliphatic heterocycles. The summed E-state index contributed by atoms with van der Waals surface area (Å²) in [7, 11) is 0. The fraction of sp³-hybridized carbons (Fsp3) is 0.368. The van der Waals surface area contributed by atoms with Crippen LogP contribution in [0, 0.1) is 0 Å². The Balaban J connectivity index is 1.76. The number of rotatable bonds is 5. The molecule has 0 aliphatic carbocycles. The summed E-state index contributed by atoms with van der Waals surface area (Å²) in [6.45, 7) is 3.01. The molecule has 0 bridgehead atoms. The Morgan fingerprint density at radius 1 is 1.10 bits per heavy atom. The van der Waals surface area contributed by atoms with Crippen molar-refractivity contribution in [2.45, 2.75) is 38.0 Å². The van der Waals surface area contributed by atoms with Gasteiger partial charge in [0.05, 0.1) is 12.0 Å². The van der Waals surface area contributed by atoms with Crippen molar-refractivity contribution in [3.8, 4) is 5.75 Å². The van der Waals surface area contributed by atoms with Crippen LogP contribution in [0.5, 0.6) is 5.75 Å². The number of alkyl halides is 1. The van der Waals surface area contributed by atoms with E-state index < -0.39 is 0 Å². The van der Waals surface area contributed by atoms with Crippen LogP contribution < -0.4 is 4.74 Å². The second-order valence-corrected chi connectivity index (χ2v) is 6.11. The largest absolute Gasteiger partial charge is 0.493 e. The van der Waals surface area contributed by atoms with Gasteiger partial charge in [-0.15, -0.1) is 11.6 Å². The van der Waals surface area contributed by atoms with E-state index in [4.69, 9.17) is 16.3 Å². The van der Waals surface area contributed by atoms with Gasteiger partial charge in [-0.25, -0.2) is 0 Å². The van der Waals surface area contributed by atoms with Crippen LogP contribution in [0.25, 0.3) is 0 Å². The highest BCUT2D eigenvalue weighted by Gasteiger charge is 2.16. The molecule has 0 saturated carbocycles. The first kappa shape index (κ1) is 14.5. The molecule has 1 nitrogen and oxygen atoms in total. The molecular formula is C19H21ClO. The summed E-state index contributed by atoms with van der Waals surface area (Å²) in [6.07, 6.45) is 4.62. The van der Waals surface area contributed by atoms with E-state index in [-0.39, 0.29) is 5.38 Å². The molecule has 0 aromatic heterocycles. The van der Waals surface area contributed by atoms with Gasteiger partial charge in [-0.3, -0.25) is 0 Å². The minimum Gasteiger partial charge on any atom is -0.493 e. The first-order chi connectivity index (χ1) is 10.3. The molecule has 2 heteroatoms. The van der Waals surface area contributed by atoms with Crippen LogP contribution in [0.2, 0.25) is 0 Å². The average Bonchev–Trinajstić information content (AvgIpc) is 3.00. The minimum absolute atomic E-state index is 0.0869. The number of hydrogen-bond donors (Lipinski definition) is 0. The number of ether oxygens (including phenoxy) is 1. The maximum atomic E-state index is 6.65. The SMILES string of the molecule is CCCCc1ccc(C(Cl)c2ccc3c(c2)CCO3)cc1. The summed E-state index contributed by atoms with van der Waals surface area (Å²) < 4.78 is 5.55. The Hall–Kier alpha value is -1.47. The second-order valence-electron chi connectivity index (χ2n) is 5.67. The summed E-state index contributed by atoms with van der Waals surface area (Å²) in [5.41, 5.74) is 4.99. The first-order valence-electron chi connectivity index (χ1n) is 7.76. The normalized spacial score (nSPS) is 14.6. The number of fused-ring (bicyclic) bond motifs is 1. The standard InChI is InChI=1S/C19H21ClO/c1-2-3-4-14-5-7-15(8-6-14)19(20)17-9-10-18-16(13-17)11-12-21-18/h5-10,13,19H,2-4,11-12H2,1H3. The van der Waals surface area contributed by atoms with Crippen LogP contribution in [0.3, 0.4) is 0 Å². The lowest BCUT2D eigenvalue weighted by Crippen LogP contribution is -1.95. The van der Waals surface area contributed by atoms with Crippen molar-refractivity contribution in [3.05, 3.63) is 64.7 Å². The Morgan fingerprint density at radius 2 is 1.86 bits per heavy atom. The summed E-state index contributed by atoms with van der Waals surface area (Å²) in [4.78, 5) is 0. The number of aryl methyl sites for hydroxylation is 1. The Morgan fingerprint density at radius 3 is 2.62 bits per heavy atom. The highest BCUT2D eigenvalue weighted by Crippen LogP contribution is 2.34. The lowest BCUT2D eigenvalue weighted by molar-refractivity contribution is 0.357. The molecule has 1 heterocycles. The van der Waals surface area contributed by atoms with Crippen LogP contribution >= 0.6 is 11.6 Å². The third-order valence-electron chi connectivity index (χ3n) is 4.10. The molecule has 1 aliphatic rings. The summed E-state index contributed by atoms with van der Waals surface area (Å²) in [5.74, 6) is 1.01. The molecule has 1 unspecified atom stereocenters. The molecule has 0 spiro atoms. The van der Waals surface area contributed by atoms with Crippen molar-refractivity contribution in [3.63, 3.8) is 0 Å². The van der Waals surface area contributed by atoms with Gasteiger partial charge in [0.2, 0.25) is 0 Å². The minimum atomic E-state index is -0.0869. The van der Waals surface area contributed by atoms with Crippen LogP contribution in [-0.2, 0) is 12.8 Å². The van der Waals surface area contributed by atoms with Crippen molar-refractivity contribution in [2.24, 2.45) is 0 Å². The smallest absolute Gasteiger partial charge is 0.122 e. The highest BCUT2D eigenvalue weighted by atomic mass is 35.5. The zero-order valence-corrected chi connectivity index (χ0v) is 13.2. The molecule has 1 atom stereocenters. The molecule has 2 aromatic rings. The number of benzene rings is 2. The zero-order chi connectivity index (χ0) is 14.7. The third kappa shape index (κ3) is 3.24. The molecule has 21 heavy (non-hydrogen) atoms. The maximum absolute atomic E-state index is 6.65. The van der Waals surface area contributed by atoms with Gasteiger partial charge >= 0.3 is 0 Å². The Bertz CT molecular complexity index is 603. The van der Waals surface area contributed by atoms with Gasteiger partial charge in [0.15, 0.2) is 0 Å². The van der Waals surface area contributed by atoms with Gasteiger partial charge in [-0.1, -0.05) is 49.7 Å². The lowest BCUT2D eigenvalue weighted by Gasteiger charge is -2.12. The summed E-state index contributed by atoms with van der Waals surface area (Å²) >= 11 is 6.65. The molecule has 3 rings (SSSR count). The molecule has 0 radical (unpaired) electrons. The van der Waals surface area contributed by atoms with Crippen LogP contribution in [0.1, 0.15) is 47.4 Å². The quantitative estimate of drug-likeness (QED) is 0.682. The van der Waals surface area contributed by atoms with E-state index in [2.05, 4.69) is 43.3 Å². The van der Waals surface area contributed by atoms with Gasteiger partial charge < -0.3 is 4.74 Å². The predicted octanol–water partition coefficient (Wildman–Crippen LogP) is 5.29. The monoisotopic (exact) mass is 300 g/mol. The third-order valence-corrected chi connectivity index (χ3v) is 4.60. The maximum Gasteiger partial charge on any atom is 0.122 e. The van der Waals surface area contributed by atoms with Crippen molar-refractivity contribution in [1.29, 1.82) is 0 Å². The van der Waals surface area contributed by atoms with Crippen molar-refractivity contribution in [1.82, 2.24) is 0 Å². The van der Waals surface area contributed by atoms with Crippen LogP contribution in [0.15, 0.2) is 42.5 Å². The van der Waals surface area contributed by atoms with Crippen LogP contribution in [0.4, 0.5) is 0 Å². The topological polar surface area (TPSA) is 9.23 Å². The molecule has 0 saturated heterocycles. The van der Waals surface area contributed by atoms with E-state index in [0.29, 0.717) is 0 Å². The van der Waals surface area contributed by atoms with Crippen molar-refractivity contribution < 1.29 is 4.74 Å². The summed E-state index contributed by atoms with van der Waals surface area (Å²) in [5, 5.41) is -0.0869. The van der Waals surface area contributed by atoms with Gasteiger partial charge in [0, 0.05) is 6.42 Å². The van der Waals surface area contributed by atoms with E-state index in [1.165, 1.54) is 24.0 Å². The Labute approximate surface area is 131 Å². The molecule has 2 aromatic carbocycles. The van der Waals surface area contributed by atoms with E-state index in [1.54, 1.807) is 0 Å². The lowest BCUT2D eigenvalue weighted by atomic mass is 9.99. The van der Waals surface area contributed by atoms with E-state index in [9.17, 15) is 0 Å². The number of unbranched alkanes of at least 4 members (excludes halogenated alkanes) is 1. The van der Waals surface area contributed by atoms with Gasteiger partial charge in [-0.05, 0) is 41.2 Å². The van der Waals surface area contributed by atoms with Gasteiger partial charge in [-0.2, -0.15) is 0 Å². The van der Waals surface area contributed by atoms with Crippen molar-refractivity contribution in [2.75, 3.05) is 6.61 Å². The van der Waals surface area contributed by atoms with E-state index >= 15 is 0 Å². The van der Waals surface area contributed by atoms with Gasteiger partial charge in [0.25, 0.3) is 0 Å². The number of halogens is 1. The average molecular weight is 301 g/mol. The highest BCUT2D eigenvalue weighted by molar-refractivity contribution is 6.22. The number of hydrogen-bond acceptors (Lipinski definition) is 1. The molecule has 0 N–H and O–H groups in total. The first-order valence-corrected chi connectivity index (χ1v) is 8.20. The second kappa shape index (κ2) is 6.53. The predicted molar refractivity (Wildman–Crippen MR) is 88.4 cm³/mol. The fourth-order valence-electron chi connectivity index (χ4n) is 2.79. The van der Waals surface area contributed by atoms with Gasteiger partial charge in [0.1, 0.15) is 5.75 Å².